The Bertz CT molecular complexity index is 360. The molecule has 0 aliphatic heterocycles. The maximum Gasteiger partial charge on any atom is 0.282 e. The van der Waals surface area contributed by atoms with Crippen molar-refractivity contribution in [3.05, 3.63) is 0 Å². The number of nitrogens with two attached hydrogens (primary N) is 1. The zero-order valence-electron chi connectivity index (χ0n) is 12.0. The second kappa shape index (κ2) is 5.86. The van der Waals surface area contributed by atoms with Gasteiger partial charge < -0.3 is 5.73 Å². The molecule has 0 aromatic carbocycles. The smallest absolute Gasteiger partial charge is 0.282 e. The Labute approximate surface area is 112 Å². The molecule has 0 unspecified atom stereocenters. The van der Waals surface area contributed by atoms with Gasteiger partial charge in [0.25, 0.3) is 10.2 Å². The van der Waals surface area contributed by atoms with Crippen LogP contribution < -0.4 is 5.73 Å². The largest absolute Gasteiger partial charge is 0.329 e. The number of nitrogens with zero attached hydrogens (tertiary/aromatic N) is 2. The minimum Gasteiger partial charge on any atom is -0.329 e. The lowest BCUT2D eigenvalue weighted by Gasteiger charge is -2.46. The van der Waals surface area contributed by atoms with Crippen molar-refractivity contribution in [2.45, 2.75) is 45.1 Å². The molecule has 1 aliphatic carbocycles. The van der Waals surface area contributed by atoms with Gasteiger partial charge in [-0.1, -0.05) is 13.8 Å². The molecule has 2 N–H and O–H groups in total. The summed E-state index contributed by atoms with van der Waals surface area (Å²) in [6, 6.07) is 0. The highest BCUT2D eigenvalue weighted by atomic mass is 32.2. The summed E-state index contributed by atoms with van der Waals surface area (Å²) >= 11 is 0. The van der Waals surface area contributed by atoms with E-state index >= 15 is 0 Å². The van der Waals surface area contributed by atoms with E-state index in [9.17, 15) is 8.42 Å². The van der Waals surface area contributed by atoms with Crippen LogP contribution in [0.15, 0.2) is 0 Å². The molecule has 0 saturated heterocycles. The van der Waals surface area contributed by atoms with E-state index in [0.717, 1.165) is 25.7 Å². The lowest BCUT2D eigenvalue weighted by molar-refractivity contribution is 0.115. The van der Waals surface area contributed by atoms with Crippen molar-refractivity contribution in [2.24, 2.45) is 11.7 Å². The Morgan fingerprint density at radius 2 is 1.78 bits per heavy atom. The summed E-state index contributed by atoms with van der Waals surface area (Å²) < 4.78 is 27.7. The summed E-state index contributed by atoms with van der Waals surface area (Å²) in [5.74, 6) is 0.672. The van der Waals surface area contributed by atoms with E-state index in [4.69, 9.17) is 5.73 Å². The van der Waals surface area contributed by atoms with E-state index in [-0.39, 0.29) is 5.54 Å². The maximum absolute atomic E-state index is 12.4. The minimum atomic E-state index is -3.39. The molecule has 1 aliphatic rings. The molecule has 0 spiro atoms. The quantitative estimate of drug-likeness (QED) is 0.816. The molecule has 0 heterocycles. The van der Waals surface area contributed by atoms with Crippen LogP contribution in [-0.2, 0) is 10.2 Å². The first-order valence-electron chi connectivity index (χ1n) is 6.70. The van der Waals surface area contributed by atoms with Crippen molar-refractivity contribution in [3.63, 3.8) is 0 Å². The molecule has 1 rings (SSSR count). The van der Waals surface area contributed by atoms with Crippen molar-refractivity contribution in [2.75, 3.05) is 27.2 Å². The molecule has 1 saturated carbocycles. The van der Waals surface area contributed by atoms with E-state index in [0.29, 0.717) is 19.0 Å². The van der Waals surface area contributed by atoms with Gasteiger partial charge in [0.05, 0.1) is 0 Å². The van der Waals surface area contributed by atoms with E-state index in [2.05, 4.69) is 6.92 Å². The van der Waals surface area contributed by atoms with Crippen LogP contribution in [0.3, 0.4) is 0 Å². The molecule has 6 heteroatoms. The highest BCUT2D eigenvalue weighted by Gasteiger charge is 2.44. The normalized spacial score (nSPS) is 30.1. The van der Waals surface area contributed by atoms with Gasteiger partial charge in [0.1, 0.15) is 0 Å². The molecule has 18 heavy (non-hydrogen) atoms. The first kappa shape index (κ1) is 15.9. The average Bonchev–Trinajstić information content (AvgIpc) is 2.32. The number of hydrogen-bond acceptors (Lipinski definition) is 3. The zero-order valence-corrected chi connectivity index (χ0v) is 12.8. The lowest BCUT2D eigenvalue weighted by Crippen LogP contribution is -2.59. The van der Waals surface area contributed by atoms with Crippen LogP contribution in [0, 0.1) is 5.92 Å². The van der Waals surface area contributed by atoms with Gasteiger partial charge in [0.15, 0.2) is 0 Å². The summed E-state index contributed by atoms with van der Waals surface area (Å²) in [6.07, 6.45) is 3.84. The van der Waals surface area contributed by atoms with Crippen molar-refractivity contribution >= 4 is 10.2 Å². The molecular weight excluding hydrogens is 250 g/mol. The van der Waals surface area contributed by atoms with E-state index in [1.165, 1.54) is 4.31 Å². The first-order valence-corrected chi connectivity index (χ1v) is 8.10. The van der Waals surface area contributed by atoms with Gasteiger partial charge in [-0.15, -0.1) is 0 Å². The van der Waals surface area contributed by atoms with E-state index in [1.54, 1.807) is 18.4 Å². The average molecular weight is 277 g/mol. The van der Waals surface area contributed by atoms with Gasteiger partial charge in [-0.25, -0.2) is 0 Å². The number of hydrogen-bond donors (Lipinski definition) is 1. The van der Waals surface area contributed by atoms with Crippen LogP contribution in [0.4, 0.5) is 0 Å². The Hall–Kier alpha value is -0.170. The highest BCUT2D eigenvalue weighted by molar-refractivity contribution is 7.86. The second-order valence-corrected chi connectivity index (χ2v) is 7.63. The van der Waals surface area contributed by atoms with Crippen LogP contribution in [0.25, 0.3) is 0 Å². The van der Waals surface area contributed by atoms with Gasteiger partial charge in [-0.2, -0.15) is 17.0 Å². The molecular formula is C12H27N3O2S. The predicted molar refractivity (Wildman–Crippen MR) is 74.4 cm³/mol. The molecule has 0 radical (unpaired) electrons. The summed E-state index contributed by atoms with van der Waals surface area (Å²) in [7, 11) is -0.236. The third-order valence-corrected chi connectivity index (χ3v) is 6.27. The molecule has 0 aromatic heterocycles. The number of likely N-dealkylation sites (N-methyl/N-ethyl adjacent to an activating group) is 1. The minimum absolute atomic E-state index is 0.385. The monoisotopic (exact) mass is 277 g/mol. The van der Waals surface area contributed by atoms with Gasteiger partial charge in [0.2, 0.25) is 0 Å². The number of rotatable bonds is 5. The molecule has 1 fully saturated rings. The molecule has 0 aromatic rings. The zero-order chi connectivity index (χ0) is 14.0. The fourth-order valence-electron chi connectivity index (χ4n) is 2.80. The van der Waals surface area contributed by atoms with Gasteiger partial charge in [0, 0.05) is 32.7 Å². The van der Waals surface area contributed by atoms with Crippen molar-refractivity contribution in [1.29, 1.82) is 0 Å². The molecule has 108 valence electrons. The Balaban J connectivity index is 3.05. The maximum atomic E-state index is 12.4. The molecule has 5 nitrogen and oxygen atoms in total. The Morgan fingerprint density at radius 1 is 1.28 bits per heavy atom. The van der Waals surface area contributed by atoms with Gasteiger partial charge in [-0.05, 0) is 31.6 Å². The van der Waals surface area contributed by atoms with Crippen LogP contribution in [0.1, 0.15) is 39.5 Å². The second-order valence-electron chi connectivity index (χ2n) is 5.57. The van der Waals surface area contributed by atoms with Crippen molar-refractivity contribution < 1.29 is 8.42 Å². The Morgan fingerprint density at radius 3 is 2.11 bits per heavy atom. The van der Waals surface area contributed by atoms with Crippen LogP contribution in [0.5, 0.6) is 0 Å². The molecule has 0 atom stereocenters. The summed E-state index contributed by atoms with van der Waals surface area (Å²) in [5.41, 5.74) is 5.55. The van der Waals surface area contributed by atoms with Gasteiger partial charge >= 0.3 is 0 Å². The van der Waals surface area contributed by atoms with Crippen LogP contribution in [0.2, 0.25) is 0 Å². The fourth-order valence-corrected chi connectivity index (χ4v) is 4.26. The lowest BCUT2D eigenvalue weighted by atomic mass is 9.77. The van der Waals surface area contributed by atoms with Gasteiger partial charge in [-0.3, -0.25) is 0 Å². The molecule has 0 amide bonds. The van der Waals surface area contributed by atoms with Crippen LogP contribution in [-0.4, -0.2) is 49.8 Å². The fraction of sp³-hybridized carbons (Fsp3) is 1.00. The molecule has 0 bridgehead atoms. The topological polar surface area (TPSA) is 66.6 Å². The summed E-state index contributed by atoms with van der Waals surface area (Å²) in [6.45, 7) is 4.99. The highest BCUT2D eigenvalue weighted by Crippen LogP contribution is 2.37. The third kappa shape index (κ3) is 2.87. The van der Waals surface area contributed by atoms with E-state index in [1.807, 2.05) is 6.92 Å². The SMILES string of the molecule is CCN(C1(CN)CCC(C)CC1)S(=O)(=O)N(C)C. The predicted octanol–water partition coefficient (Wildman–Crippen LogP) is 1.02. The van der Waals surface area contributed by atoms with E-state index < -0.39 is 10.2 Å². The summed E-state index contributed by atoms with van der Waals surface area (Å²) in [4.78, 5) is 0. The third-order valence-electron chi connectivity index (χ3n) is 4.14. The summed E-state index contributed by atoms with van der Waals surface area (Å²) in [5, 5.41) is 0. The first-order chi connectivity index (χ1) is 8.30. The van der Waals surface area contributed by atoms with Crippen molar-refractivity contribution in [3.8, 4) is 0 Å². The van der Waals surface area contributed by atoms with Crippen molar-refractivity contribution in [1.82, 2.24) is 8.61 Å². The van der Waals surface area contributed by atoms with Crippen LogP contribution >= 0.6 is 0 Å². The standard InChI is InChI=1S/C12H27N3O2S/c1-5-15(18(16,17)14(3)4)12(10-13)8-6-11(2)7-9-12/h11H,5-10,13H2,1-4H3. The Kier molecular flexibility index (Phi) is 5.17.